The zero-order chi connectivity index (χ0) is 13.4. The summed E-state index contributed by atoms with van der Waals surface area (Å²) in [6.45, 7) is 3.92. The van der Waals surface area contributed by atoms with Gasteiger partial charge in [0.15, 0.2) is 5.69 Å². The summed E-state index contributed by atoms with van der Waals surface area (Å²) in [5.41, 5.74) is 0.418. The molecule has 2 aromatic rings. The minimum Gasteiger partial charge on any atom is -0.343 e. The number of amides is 1. The van der Waals surface area contributed by atoms with Crippen LogP contribution in [0.4, 0.5) is 4.39 Å². The number of pyridine rings is 1. The standard InChI is InChI=1S/C13H16FN3O/c1-8(2)12-15-10(13(18)16(3)4)11-9(14)6-5-7-17(11)12/h5-8H,1-4H3. The Balaban J connectivity index is 2.78. The minimum atomic E-state index is -0.429. The highest BCUT2D eigenvalue weighted by Crippen LogP contribution is 2.22. The SMILES string of the molecule is CC(C)c1nc(C(=O)N(C)C)c2c(F)cccn12. The lowest BCUT2D eigenvalue weighted by Crippen LogP contribution is -2.22. The first kappa shape index (κ1) is 12.5. The number of aromatic nitrogens is 2. The molecule has 0 spiro atoms. The molecule has 0 aliphatic heterocycles. The summed E-state index contributed by atoms with van der Waals surface area (Å²) in [7, 11) is 3.26. The average molecular weight is 249 g/mol. The van der Waals surface area contributed by atoms with Crippen LogP contribution in [0.3, 0.4) is 0 Å². The Morgan fingerprint density at radius 2 is 2.11 bits per heavy atom. The van der Waals surface area contributed by atoms with E-state index in [1.54, 1.807) is 30.8 Å². The van der Waals surface area contributed by atoms with Crippen molar-refractivity contribution in [3.63, 3.8) is 0 Å². The number of carbonyl (C=O) groups excluding carboxylic acids is 1. The zero-order valence-electron chi connectivity index (χ0n) is 10.9. The summed E-state index contributed by atoms with van der Waals surface area (Å²) in [4.78, 5) is 17.7. The lowest BCUT2D eigenvalue weighted by atomic mass is 10.2. The summed E-state index contributed by atoms with van der Waals surface area (Å²) in [5.74, 6) is 0.0873. The van der Waals surface area contributed by atoms with Gasteiger partial charge < -0.3 is 9.30 Å². The number of halogens is 1. The van der Waals surface area contributed by atoms with Gasteiger partial charge in [0.1, 0.15) is 17.2 Å². The molecule has 2 aromatic heterocycles. The third-order valence-corrected chi connectivity index (χ3v) is 2.77. The average Bonchev–Trinajstić information content (AvgIpc) is 2.68. The Bertz CT molecular complexity index is 602. The van der Waals surface area contributed by atoms with Gasteiger partial charge in [-0.15, -0.1) is 0 Å². The molecule has 0 saturated heterocycles. The van der Waals surface area contributed by atoms with Crippen molar-refractivity contribution in [2.24, 2.45) is 0 Å². The molecule has 18 heavy (non-hydrogen) atoms. The monoisotopic (exact) mass is 249 g/mol. The van der Waals surface area contributed by atoms with Crippen molar-refractivity contribution in [2.75, 3.05) is 14.1 Å². The summed E-state index contributed by atoms with van der Waals surface area (Å²) in [6, 6.07) is 2.95. The molecule has 0 N–H and O–H groups in total. The maximum atomic E-state index is 13.9. The van der Waals surface area contributed by atoms with Crippen LogP contribution in [-0.2, 0) is 0 Å². The maximum absolute atomic E-state index is 13.9. The molecule has 2 rings (SSSR count). The van der Waals surface area contributed by atoms with Crippen LogP contribution in [0.5, 0.6) is 0 Å². The minimum absolute atomic E-state index is 0.114. The molecule has 0 bridgehead atoms. The third kappa shape index (κ3) is 1.85. The maximum Gasteiger partial charge on any atom is 0.274 e. The largest absolute Gasteiger partial charge is 0.343 e. The van der Waals surface area contributed by atoms with Gasteiger partial charge in [-0.3, -0.25) is 4.79 Å². The highest BCUT2D eigenvalue weighted by atomic mass is 19.1. The van der Waals surface area contributed by atoms with E-state index in [2.05, 4.69) is 4.98 Å². The van der Waals surface area contributed by atoms with E-state index in [-0.39, 0.29) is 23.0 Å². The summed E-state index contributed by atoms with van der Waals surface area (Å²) in [6.07, 6.45) is 1.73. The van der Waals surface area contributed by atoms with E-state index in [4.69, 9.17) is 0 Å². The van der Waals surface area contributed by atoms with Gasteiger partial charge in [0, 0.05) is 26.2 Å². The molecule has 0 atom stereocenters. The number of carbonyl (C=O) groups is 1. The number of hydrogen-bond acceptors (Lipinski definition) is 2. The number of fused-ring (bicyclic) bond motifs is 1. The fourth-order valence-electron chi connectivity index (χ4n) is 1.89. The molecule has 0 aliphatic carbocycles. The fraction of sp³-hybridized carbons (Fsp3) is 0.385. The van der Waals surface area contributed by atoms with Gasteiger partial charge in [-0.1, -0.05) is 13.8 Å². The van der Waals surface area contributed by atoms with Crippen molar-refractivity contribution >= 4 is 11.4 Å². The van der Waals surface area contributed by atoms with Crippen LogP contribution in [0.2, 0.25) is 0 Å². The van der Waals surface area contributed by atoms with Crippen LogP contribution < -0.4 is 0 Å². The molecule has 2 heterocycles. The Morgan fingerprint density at radius 3 is 2.67 bits per heavy atom. The van der Waals surface area contributed by atoms with Crippen LogP contribution in [-0.4, -0.2) is 34.3 Å². The molecule has 0 unspecified atom stereocenters. The third-order valence-electron chi connectivity index (χ3n) is 2.77. The van der Waals surface area contributed by atoms with E-state index in [1.807, 2.05) is 13.8 Å². The highest BCUT2D eigenvalue weighted by molar-refractivity contribution is 5.99. The van der Waals surface area contributed by atoms with E-state index >= 15 is 0 Å². The van der Waals surface area contributed by atoms with Crippen molar-refractivity contribution in [3.8, 4) is 0 Å². The molecule has 0 aromatic carbocycles. The number of nitrogens with zero attached hydrogens (tertiary/aromatic N) is 3. The van der Waals surface area contributed by atoms with Crippen molar-refractivity contribution < 1.29 is 9.18 Å². The van der Waals surface area contributed by atoms with Crippen LogP contribution in [0.1, 0.15) is 36.1 Å². The molecule has 96 valence electrons. The Kier molecular flexibility index (Phi) is 3.07. The van der Waals surface area contributed by atoms with E-state index in [0.29, 0.717) is 5.82 Å². The van der Waals surface area contributed by atoms with Gasteiger partial charge in [0.2, 0.25) is 0 Å². The van der Waals surface area contributed by atoms with Gasteiger partial charge in [0.25, 0.3) is 5.91 Å². The normalized spacial score (nSPS) is 11.2. The topological polar surface area (TPSA) is 37.6 Å². The first-order chi connectivity index (χ1) is 8.43. The van der Waals surface area contributed by atoms with Gasteiger partial charge in [-0.2, -0.15) is 0 Å². The summed E-state index contributed by atoms with van der Waals surface area (Å²) < 4.78 is 15.6. The van der Waals surface area contributed by atoms with E-state index < -0.39 is 5.82 Å². The first-order valence-corrected chi connectivity index (χ1v) is 5.81. The summed E-state index contributed by atoms with van der Waals surface area (Å²) in [5, 5.41) is 0. The van der Waals surface area contributed by atoms with Crippen LogP contribution in [0.25, 0.3) is 5.52 Å². The highest BCUT2D eigenvalue weighted by Gasteiger charge is 2.22. The summed E-state index contributed by atoms with van der Waals surface area (Å²) >= 11 is 0. The number of imidazole rings is 1. The van der Waals surface area contributed by atoms with Crippen LogP contribution in [0, 0.1) is 5.82 Å². The predicted octanol–water partition coefficient (Wildman–Crippen LogP) is 2.30. The molecule has 4 nitrogen and oxygen atoms in total. The number of hydrogen-bond donors (Lipinski definition) is 0. The van der Waals surface area contributed by atoms with Crippen molar-refractivity contribution in [1.29, 1.82) is 0 Å². The first-order valence-electron chi connectivity index (χ1n) is 5.81. The van der Waals surface area contributed by atoms with Crippen molar-refractivity contribution in [3.05, 3.63) is 35.7 Å². The molecule has 0 aliphatic rings. The predicted molar refractivity (Wildman–Crippen MR) is 67.3 cm³/mol. The molecule has 1 amide bonds. The molecule has 0 fully saturated rings. The lowest BCUT2D eigenvalue weighted by molar-refractivity contribution is 0.0824. The molecule has 0 saturated carbocycles. The van der Waals surface area contributed by atoms with Crippen molar-refractivity contribution in [2.45, 2.75) is 19.8 Å². The van der Waals surface area contributed by atoms with Crippen LogP contribution >= 0.6 is 0 Å². The fourth-order valence-corrected chi connectivity index (χ4v) is 1.89. The second kappa shape index (κ2) is 4.40. The second-order valence-electron chi connectivity index (χ2n) is 4.75. The van der Waals surface area contributed by atoms with Gasteiger partial charge in [-0.25, -0.2) is 9.37 Å². The van der Waals surface area contributed by atoms with Gasteiger partial charge in [-0.05, 0) is 12.1 Å². The number of rotatable bonds is 2. The molecule has 5 heteroatoms. The van der Waals surface area contributed by atoms with E-state index in [1.165, 1.54) is 11.0 Å². The van der Waals surface area contributed by atoms with Crippen LogP contribution in [0.15, 0.2) is 18.3 Å². The molecular formula is C13H16FN3O. The molecular weight excluding hydrogens is 233 g/mol. The van der Waals surface area contributed by atoms with E-state index in [0.717, 1.165) is 0 Å². The smallest absolute Gasteiger partial charge is 0.274 e. The Hall–Kier alpha value is -1.91. The van der Waals surface area contributed by atoms with Gasteiger partial charge >= 0.3 is 0 Å². The second-order valence-corrected chi connectivity index (χ2v) is 4.75. The lowest BCUT2D eigenvalue weighted by Gasteiger charge is -2.07. The van der Waals surface area contributed by atoms with Gasteiger partial charge in [0.05, 0.1) is 0 Å². The Labute approximate surface area is 105 Å². The Morgan fingerprint density at radius 1 is 1.44 bits per heavy atom. The molecule has 0 radical (unpaired) electrons. The van der Waals surface area contributed by atoms with Crippen molar-refractivity contribution in [1.82, 2.24) is 14.3 Å². The quantitative estimate of drug-likeness (QED) is 0.819. The van der Waals surface area contributed by atoms with E-state index in [9.17, 15) is 9.18 Å². The zero-order valence-corrected chi connectivity index (χ0v) is 10.9.